The molecule has 0 spiro atoms. The zero-order chi connectivity index (χ0) is 17.2. The Morgan fingerprint density at radius 1 is 1.14 bits per heavy atom. The minimum atomic E-state index is -1.72. The van der Waals surface area contributed by atoms with E-state index in [1.807, 2.05) is 24.3 Å². The van der Waals surface area contributed by atoms with E-state index in [1.165, 1.54) is 0 Å². The molecular formula is C17H27IO2Si2. The van der Waals surface area contributed by atoms with Gasteiger partial charge < -0.3 is 9.53 Å². The van der Waals surface area contributed by atoms with Gasteiger partial charge in [0.15, 0.2) is 8.32 Å². The van der Waals surface area contributed by atoms with Crippen LogP contribution < -0.4 is 0 Å². The lowest BCUT2D eigenvalue weighted by Crippen LogP contribution is -2.55. The van der Waals surface area contributed by atoms with Gasteiger partial charge in [-0.15, -0.1) is 0 Å². The van der Waals surface area contributed by atoms with Crippen LogP contribution in [0.3, 0.4) is 0 Å². The van der Waals surface area contributed by atoms with Gasteiger partial charge in [0.1, 0.15) is 11.3 Å². The molecule has 1 N–H and O–H groups in total. The zero-order valence-corrected chi connectivity index (χ0v) is 18.8. The topological polar surface area (TPSA) is 29.5 Å². The van der Waals surface area contributed by atoms with Crippen molar-refractivity contribution in [1.29, 1.82) is 0 Å². The highest BCUT2D eigenvalue weighted by molar-refractivity contribution is 14.1. The molecule has 22 heavy (non-hydrogen) atoms. The highest BCUT2D eigenvalue weighted by atomic mass is 127. The molecule has 0 radical (unpaired) electrons. The molecule has 2 unspecified atom stereocenters. The molecular weight excluding hydrogens is 419 g/mol. The van der Waals surface area contributed by atoms with Crippen molar-refractivity contribution in [3.05, 3.63) is 33.4 Å². The smallest absolute Gasteiger partial charge is 0.185 e. The zero-order valence-electron chi connectivity index (χ0n) is 14.6. The molecule has 0 aromatic heterocycles. The van der Waals surface area contributed by atoms with Crippen molar-refractivity contribution >= 4 is 39.0 Å². The van der Waals surface area contributed by atoms with Crippen LogP contribution in [0.15, 0.2) is 24.3 Å². The van der Waals surface area contributed by atoms with Gasteiger partial charge in [0.25, 0.3) is 0 Å². The Morgan fingerprint density at radius 2 is 1.68 bits per heavy atom. The first-order valence-electron chi connectivity index (χ1n) is 7.51. The standard InChI is InChI=1S/C17H27IO2Si2/c1-17(21(2,3)4,20-22(5,6)7)13-12-16(19)14-10-8-9-11-15(14)18/h8-11,16,19H,1-7H3. The van der Waals surface area contributed by atoms with E-state index in [1.54, 1.807) is 0 Å². The van der Waals surface area contributed by atoms with Crippen molar-refractivity contribution in [3.63, 3.8) is 0 Å². The third-order valence-corrected chi connectivity index (χ3v) is 8.89. The first-order chi connectivity index (χ1) is 9.86. The second-order valence-corrected chi connectivity index (χ2v) is 18.7. The molecule has 0 fully saturated rings. The van der Waals surface area contributed by atoms with Gasteiger partial charge in [0, 0.05) is 9.13 Å². The van der Waals surface area contributed by atoms with Crippen LogP contribution in [0, 0.1) is 15.4 Å². The molecule has 0 aliphatic rings. The molecule has 1 aromatic rings. The highest BCUT2D eigenvalue weighted by Crippen LogP contribution is 2.28. The van der Waals surface area contributed by atoms with E-state index in [9.17, 15) is 5.11 Å². The summed E-state index contributed by atoms with van der Waals surface area (Å²) in [6.45, 7) is 15.4. The van der Waals surface area contributed by atoms with Crippen LogP contribution in [0.2, 0.25) is 39.3 Å². The van der Waals surface area contributed by atoms with Gasteiger partial charge in [-0.3, -0.25) is 0 Å². The lowest BCUT2D eigenvalue weighted by atomic mass is 10.1. The predicted octanol–water partition coefficient (Wildman–Crippen LogP) is 4.82. The average Bonchev–Trinajstić information content (AvgIpc) is 2.33. The van der Waals surface area contributed by atoms with E-state index >= 15 is 0 Å². The number of hydrogen-bond donors (Lipinski definition) is 1. The number of hydrogen-bond acceptors (Lipinski definition) is 2. The molecule has 2 atom stereocenters. The summed E-state index contributed by atoms with van der Waals surface area (Å²) >= 11 is 2.23. The molecule has 0 aliphatic heterocycles. The fourth-order valence-electron chi connectivity index (χ4n) is 1.96. The van der Waals surface area contributed by atoms with E-state index in [0.717, 1.165) is 9.13 Å². The van der Waals surface area contributed by atoms with Crippen molar-refractivity contribution in [1.82, 2.24) is 0 Å². The van der Waals surface area contributed by atoms with Crippen molar-refractivity contribution < 1.29 is 9.53 Å². The summed E-state index contributed by atoms with van der Waals surface area (Å²) < 4.78 is 7.45. The maximum absolute atomic E-state index is 10.4. The Morgan fingerprint density at radius 3 is 2.14 bits per heavy atom. The normalized spacial score (nSPS) is 16.4. The van der Waals surface area contributed by atoms with E-state index < -0.39 is 27.7 Å². The third kappa shape index (κ3) is 5.50. The van der Waals surface area contributed by atoms with Crippen LogP contribution in [0.1, 0.15) is 18.6 Å². The van der Waals surface area contributed by atoms with Crippen molar-refractivity contribution in [3.8, 4) is 11.8 Å². The van der Waals surface area contributed by atoms with Crippen molar-refractivity contribution in [2.75, 3.05) is 0 Å². The Balaban J connectivity index is 3.14. The Labute approximate surface area is 150 Å². The van der Waals surface area contributed by atoms with Gasteiger partial charge in [-0.2, -0.15) is 0 Å². The second-order valence-electron chi connectivity index (χ2n) is 7.69. The van der Waals surface area contributed by atoms with Crippen LogP contribution in [0.25, 0.3) is 0 Å². The number of aliphatic hydroxyl groups excluding tert-OH is 1. The van der Waals surface area contributed by atoms with Gasteiger partial charge in [-0.05, 0) is 55.2 Å². The van der Waals surface area contributed by atoms with Gasteiger partial charge in [-0.25, -0.2) is 0 Å². The van der Waals surface area contributed by atoms with Crippen molar-refractivity contribution in [2.45, 2.75) is 57.5 Å². The number of rotatable bonds is 4. The molecule has 122 valence electrons. The molecule has 5 heteroatoms. The Kier molecular flexibility index (Phi) is 6.50. The van der Waals surface area contributed by atoms with Gasteiger partial charge >= 0.3 is 0 Å². The number of halogens is 1. The van der Waals surface area contributed by atoms with E-state index in [4.69, 9.17) is 4.43 Å². The summed E-state index contributed by atoms with van der Waals surface area (Å²) in [5.41, 5.74) is 0.863. The largest absolute Gasteiger partial charge is 0.405 e. The van der Waals surface area contributed by atoms with Crippen LogP contribution in [-0.4, -0.2) is 26.7 Å². The summed E-state index contributed by atoms with van der Waals surface area (Å²) in [4.78, 5) is 0. The molecule has 0 amide bonds. The van der Waals surface area contributed by atoms with E-state index in [2.05, 4.69) is 80.6 Å². The van der Waals surface area contributed by atoms with Crippen molar-refractivity contribution in [2.24, 2.45) is 0 Å². The molecule has 2 nitrogen and oxygen atoms in total. The summed E-state index contributed by atoms with van der Waals surface area (Å²) in [5.74, 6) is 6.33. The van der Waals surface area contributed by atoms with Crippen LogP contribution in [-0.2, 0) is 4.43 Å². The molecule has 1 rings (SSSR count). The SMILES string of the molecule is CC(C#CC(O)c1ccccc1I)(O[Si](C)(C)C)[Si](C)(C)C. The monoisotopic (exact) mass is 446 g/mol. The first-order valence-corrected chi connectivity index (χ1v) is 15.5. The predicted molar refractivity (Wildman–Crippen MR) is 108 cm³/mol. The maximum atomic E-state index is 10.4. The summed E-state index contributed by atoms with van der Waals surface area (Å²) in [7, 11) is -3.39. The minimum absolute atomic E-state index is 0.446. The molecule has 0 bridgehead atoms. The average molecular weight is 446 g/mol. The molecule has 0 saturated carbocycles. The minimum Gasteiger partial charge on any atom is -0.405 e. The molecule has 1 aromatic carbocycles. The first kappa shape index (κ1) is 19.9. The summed E-state index contributed by atoms with van der Waals surface area (Å²) in [6, 6.07) is 7.80. The van der Waals surface area contributed by atoms with Crippen LogP contribution in [0.4, 0.5) is 0 Å². The summed E-state index contributed by atoms with van der Waals surface area (Å²) in [6.07, 6.45) is -0.769. The lowest BCUT2D eigenvalue weighted by molar-refractivity contribution is 0.212. The van der Waals surface area contributed by atoms with Crippen LogP contribution >= 0.6 is 22.6 Å². The fourth-order valence-corrected chi connectivity index (χ4v) is 6.51. The molecule has 0 heterocycles. The summed E-state index contributed by atoms with van der Waals surface area (Å²) in [5, 5.41) is 9.98. The van der Waals surface area contributed by atoms with Gasteiger partial charge in [0.2, 0.25) is 0 Å². The van der Waals surface area contributed by atoms with Gasteiger partial charge in [-0.1, -0.05) is 49.7 Å². The lowest BCUT2D eigenvalue weighted by Gasteiger charge is -2.41. The molecule has 0 aliphatic carbocycles. The Hall–Kier alpha value is -0.136. The van der Waals surface area contributed by atoms with E-state index in [0.29, 0.717) is 0 Å². The maximum Gasteiger partial charge on any atom is 0.185 e. The van der Waals surface area contributed by atoms with Gasteiger partial charge in [0.05, 0.1) is 8.07 Å². The number of benzene rings is 1. The highest BCUT2D eigenvalue weighted by Gasteiger charge is 2.42. The second kappa shape index (κ2) is 7.18. The third-order valence-electron chi connectivity index (χ3n) is 3.59. The molecule has 0 saturated heterocycles. The quantitative estimate of drug-likeness (QED) is 0.409. The van der Waals surface area contributed by atoms with Crippen LogP contribution in [0.5, 0.6) is 0 Å². The number of aliphatic hydroxyl groups is 1. The Bertz CT molecular complexity index is 579. The fraction of sp³-hybridized carbons (Fsp3) is 0.529. The van der Waals surface area contributed by atoms with E-state index in [-0.39, 0.29) is 0 Å².